The summed E-state index contributed by atoms with van der Waals surface area (Å²) in [5, 5.41) is 2.48. The van der Waals surface area contributed by atoms with Gasteiger partial charge in [-0.3, -0.25) is 4.79 Å². The Morgan fingerprint density at radius 2 is 2.11 bits per heavy atom. The highest BCUT2D eigenvalue weighted by Gasteiger charge is 2.15. The summed E-state index contributed by atoms with van der Waals surface area (Å²) in [6.07, 6.45) is 0.821. The van der Waals surface area contributed by atoms with Gasteiger partial charge in [0, 0.05) is 23.0 Å². The predicted octanol–water partition coefficient (Wildman–Crippen LogP) is 2.63. The van der Waals surface area contributed by atoms with Gasteiger partial charge in [0.25, 0.3) is 9.05 Å². The maximum atomic E-state index is 11.5. The predicted molar refractivity (Wildman–Crippen MR) is 74.2 cm³/mol. The fraction of sp³-hybridized carbons (Fsp3) is 0.364. The Hall–Kier alpha value is -0.820. The molecule has 5 nitrogen and oxygen atoms in total. The molecule has 0 aliphatic carbocycles. The number of carbonyl (C=O) groups excluding carboxylic acids is 1. The van der Waals surface area contributed by atoms with Crippen molar-refractivity contribution < 1.29 is 17.9 Å². The van der Waals surface area contributed by atoms with Crippen LogP contribution in [0.1, 0.15) is 13.3 Å². The number of ether oxygens (including phenoxy) is 1. The van der Waals surface area contributed by atoms with E-state index in [0.29, 0.717) is 12.3 Å². The maximum Gasteiger partial charge on any atom is 0.262 e. The Kier molecular flexibility index (Phi) is 6.06. The van der Waals surface area contributed by atoms with E-state index in [4.69, 9.17) is 27.0 Å². The van der Waals surface area contributed by atoms with Gasteiger partial charge in [0.15, 0.2) is 0 Å². The van der Waals surface area contributed by atoms with Crippen molar-refractivity contribution in [2.24, 2.45) is 0 Å². The second-order valence-corrected chi connectivity index (χ2v) is 6.63. The number of nitrogens with one attached hydrogen (secondary N) is 1. The molecule has 0 unspecified atom stereocenters. The van der Waals surface area contributed by atoms with Crippen LogP contribution in [0.4, 0.5) is 5.69 Å². The summed E-state index contributed by atoms with van der Waals surface area (Å²) in [6.45, 7) is 2.36. The van der Waals surface area contributed by atoms with E-state index >= 15 is 0 Å². The molecule has 0 atom stereocenters. The van der Waals surface area contributed by atoms with Gasteiger partial charge in [0.2, 0.25) is 5.91 Å². The van der Waals surface area contributed by atoms with Crippen molar-refractivity contribution in [3.8, 4) is 0 Å². The Bertz CT molecular complexity index is 560. The summed E-state index contributed by atoms with van der Waals surface area (Å²) in [4.78, 5) is 11.3. The van der Waals surface area contributed by atoms with Crippen molar-refractivity contribution in [3.05, 3.63) is 23.2 Å². The van der Waals surface area contributed by atoms with E-state index in [9.17, 15) is 13.2 Å². The first kappa shape index (κ1) is 16.2. The number of hydrogen-bond donors (Lipinski definition) is 1. The quantitative estimate of drug-likeness (QED) is 0.644. The molecule has 106 valence electrons. The topological polar surface area (TPSA) is 72.5 Å². The Morgan fingerprint density at radius 3 is 2.63 bits per heavy atom. The molecular formula is C11H13Cl2NO4S. The summed E-state index contributed by atoms with van der Waals surface area (Å²) >= 11 is 5.78. The molecule has 8 heteroatoms. The van der Waals surface area contributed by atoms with Crippen molar-refractivity contribution in [2.75, 3.05) is 18.5 Å². The zero-order valence-electron chi connectivity index (χ0n) is 10.2. The van der Waals surface area contributed by atoms with Gasteiger partial charge in [-0.15, -0.1) is 0 Å². The molecule has 0 spiro atoms. The van der Waals surface area contributed by atoms with Crippen molar-refractivity contribution in [1.82, 2.24) is 0 Å². The molecule has 0 aromatic heterocycles. The lowest BCUT2D eigenvalue weighted by atomic mass is 10.3. The first-order valence-electron chi connectivity index (χ1n) is 5.46. The molecule has 0 fully saturated rings. The number of amides is 1. The average Bonchev–Trinajstić information content (AvgIpc) is 2.27. The van der Waals surface area contributed by atoms with Gasteiger partial charge in [-0.05, 0) is 24.6 Å². The van der Waals surface area contributed by atoms with Gasteiger partial charge in [0.05, 0.1) is 5.02 Å². The van der Waals surface area contributed by atoms with Crippen LogP contribution in [0.25, 0.3) is 0 Å². The van der Waals surface area contributed by atoms with Crippen LogP contribution in [-0.4, -0.2) is 27.5 Å². The SMILES string of the molecule is CCCOCC(=O)Nc1ccc(S(=O)(=O)Cl)c(Cl)c1. The van der Waals surface area contributed by atoms with Crippen molar-refractivity contribution >= 4 is 42.9 Å². The normalized spacial score (nSPS) is 11.3. The summed E-state index contributed by atoms with van der Waals surface area (Å²) < 4.78 is 27.3. The van der Waals surface area contributed by atoms with Gasteiger partial charge >= 0.3 is 0 Å². The number of benzene rings is 1. The summed E-state index contributed by atoms with van der Waals surface area (Å²) in [7, 11) is 1.29. The number of halogens is 2. The highest BCUT2D eigenvalue weighted by atomic mass is 35.7. The molecule has 0 radical (unpaired) electrons. The van der Waals surface area contributed by atoms with Crippen LogP contribution in [0.5, 0.6) is 0 Å². The Labute approximate surface area is 121 Å². The molecule has 0 saturated heterocycles. The second kappa shape index (κ2) is 7.09. The lowest BCUT2D eigenvalue weighted by Crippen LogP contribution is -2.18. The minimum Gasteiger partial charge on any atom is -0.372 e. The summed E-state index contributed by atoms with van der Waals surface area (Å²) in [6, 6.07) is 3.95. The molecular weight excluding hydrogens is 313 g/mol. The first-order chi connectivity index (χ1) is 8.84. The van der Waals surface area contributed by atoms with Crippen LogP contribution in [0.15, 0.2) is 23.1 Å². The van der Waals surface area contributed by atoms with Crippen LogP contribution in [0.2, 0.25) is 5.02 Å². The van der Waals surface area contributed by atoms with Crippen LogP contribution < -0.4 is 5.32 Å². The summed E-state index contributed by atoms with van der Waals surface area (Å²) in [5.74, 6) is -0.342. The van der Waals surface area contributed by atoms with E-state index < -0.39 is 9.05 Å². The smallest absolute Gasteiger partial charge is 0.262 e. The zero-order chi connectivity index (χ0) is 14.5. The van der Waals surface area contributed by atoms with Gasteiger partial charge in [0.1, 0.15) is 11.5 Å². The third-order valence-electron chi connectivity index (χ3n) is 2.06. The van der Waals surface area contributed by atoms with Crippen molar-refractivity contribution in [3.63, 3.8) is 0 Å². The minimum absolute atomic E-state index is 0.0534. The molecule has 0 bridgehead atoms. The number of carbonyl (C=O) groups is 1. The van der Waals surface area contributed by atoms with Crippen molar-refractivity contribution in [2.45, 2.75) is 18.2 Å². The van der Waals surface area contributed by atoms with E-state index in [1.54, 1.807) is 0 Å². The van der Waals surface area contributed by atoms with E-state index in [0.717, 1.165) is 6.42 Å². The largest absolute Gasteiger partial charge is 0.372 e. The molecule has 0 saturated carbocycles. The standard InChI is InChI=1S/C11H13Cl2NO4S/c1-2-5-18-7-11(15)14-8-3-4-10(9(12)6-8)19(13,16)17/h3-4,6H,2,5,7H2,1H3,(H,14,15). The van der Waals surface area contributed by atoms with Gasteiger partial charge in [-0.2, -0.15) is 0 Å². The fourth-order valence-corrected chi connectivity index (χ4v) is 2.81. The average molecular weight is 326 g/mol. The molecule has 1 amide bonds. The lowest BCUT2D eigenvalue weighted by Gasteiger charge is -2.07. The number of hydrogen-bond acceptors (Lipinski definition) is 4. The monoisotopic (exact) mass is 325 g/mol. The molecule has 1 aromatic rings. The molecule has 1 N–H and O–H groups in total. The van der Waals surface area contributed by atoms with Gasteiger partial charge in [-0.1, -0.05) is 18.5 Å². The van der Waals surface area contributed by atoms with Crippen LogP contribution in [0, 0.1) is 0 Å². The Morgan fingerprint density at radius 1 is 1.42 bits per heavy atom. The zero-order valence-corrected chi connectivity index (χ0v) is 12.5. The van der Waals surface area contributed by atoms with Gasteiger partial charge in [-0.25, -0.2) is 8.42 Å². The molecule has 0 aliphatic rings. The number of anilines is 1. The molecule has 0 heterocycles. The third-order valence-corrected chi connectivity index (χ3v) is 3.86. The third kappa shape index (κ3) is 5.36. The summed E-state index contributed by atoms with van der Waals surface area (Å²) in [5.41, 5.74) is 0.374. The maximum absolute atomic E-state index is 11.5. The lowest BCUT2D eigenvalue weighted by molar-refractivity contribution is -0.120. The fourth-order valence-electron chi connectivity index (χ4n) is 1.28. The molecule has 1 aromatic carbocycles. The molecule has 19 heavy (non-hydrogen) atoms. The van der Waals surface area contributed by atoms with Crippen LogP contribution in [-0.2, 0) is 18.6 Å². The Balaban J connectivity index is 2.72. The number of rotatable bonds is 6. The van der Waals surface area contributed by atoms with Crippen molar-refractivity contribution in [1.29, 1.82) is 0 Å². The van der Waals surface area contributed by atoms with E-state index in [2.05, 4.69) is 5.32 Å². The van der Waals surface area contributed by atoms with Gasteiger partial charge < -0.3 is 10.1 Å². The van der Waals surface area contributed by atoms with Crippen LogP contribution in [0.3, 0.4) is 0 Å². The highest BCUT2D eigenvalue weighted by molar-refractivity contribution is 8.13. The minimum atomic E-state index is -3.89. The van der Waals surface area contributed by atoms with E-state index in [-0.39, 0.29) is 22.4 Å². The molecule has 1 rings (SSSR count). The first-order valence-corrected chi connectivity index (χ1v) is 8.15. The highest BCUT2D eigenvalue weighted by Crippen LogP contribution is 2.27. The van der Waals surface area contributed by atoms with E-state index in [1.165, 1.54) is 18.2 Å². The molecule has 0 aliphatic heterocycles. The van der Waals surface area contributed by atoms with E-state index in [1.807, 2.05) is 6.92 Å². The van der Waals surface area contributed by atoms with Crippen LogP contribution >= 0.6 is 22.3 Å². The second-order valence-electron chi connectivity index (χ2n) is 3.68.